The lowest BCUT2D eigenvalue weighted by Gasteiger charge is -2.10. The summed E-state index contributed by atoms with van der Waals surface area (Å²) in [4.78, 5) is 26.0. The molecule has 1 unspecified atom stereocenters. The van der Waals surface area contributed by atoms with Crippen LogP contribution >= 0.6 is 11.6 Å². The molecule has 1 rings (SSSR count). The van der Waals surface area contributed by atoms with Gasteiger partial charge in [-0.25, -0.2) is 4.98 Å². The minimum absolute atomic E-state index is 0.158. The summed E-state index contributed by atoms with van der Waals surface area (Å²) < 4.78 is 0. The lowest BCUT2D eigenvalue weighted by Crippen LogP contribution is -2.26. The van der Waals surface area contributed by atoms with Gasteiger partial charge in [-0.05, 0) is 30.9 Å². The average Bonchev–Trinajstić information content (AvgIpc) is 2.36. The third-order valence-corrected chi connectivity index (χ3v) is 2.93. The van der Waals surface area contributed by atoms with Crippen LogP contribution in [0.4, 0.5) is 0 Å². The van der Waals surface area contributed by atoms with Crippen molar-refractivity contribution in [3.63, 3.8) is 0 Å². The molecule has 0 saturated carbocycles. The quantitative estimate of drug-likeness (QED) is 0.753. The zero-order chi connectivity index (χ0) is 14.3. The van der Waals surface area contributed by atoms with Gasteiger partial charge in [-0.3, -0.25) is 9.59 Å². The molecule has 0 aliphatic heterocycles. The Bertz CT molecular complexity index is 451. The van der Waals surface area contributed by atoms with E-state index in [2.05, 4.69) is 10.3 Å². The van der Waals surface area contributed by atoms with Crippen molar-refractivity contribution in [3.8, 4) is 0 Å². The second kappa shape index (κ2) is 7.74. The number of amides is 1. The standard InChI is InChI=1S/C13H17ClN2O3/c1-9(5-6-12(17)18)7-8-15-13(19)10-3-2-4-11(14)16-10/h2-4,9H,5-8H2,1H3,(H,15,19)(H,17,18). The van der Waals surface area contributed by atoms with E-state index in [9.17, 15) is 9.59 Å². The van der Waals surface area contributed by atoms with E-state index in [-0.39, 0.29) is 29.1 Å². The van der Waals surface area contributed by atoms with Gasteiger partial charge in [0.1, 0.15) is 10.8 Å². The van der Waals surface area contributed by atoms with E-state index >= 15 is 0 Å². The van der Waals surface area contributed by atoms with Gasteiger partial charge < -0.3 is 10.4 Å². The van der Waals surface area contributed by atoms with Crippen molar-refractivity contribution in [2.75, 3.05) is 6.54 Å². The third kappa shape index (κ3) is 6.20. The van der Waals surface area contributed by atoms with E-state index in [1.54, 1.807) is 18.2 Å². The Morgan fingerprint density at radius 2 is 2.16 bits per heavy atom. The number of aliphatic carboxylic acids is 1. The summed E-state index contributed by atoms with van der Waals surface area (Å²) in [5, 5.41) is 11.6. The molecule has 6 heteroatoms. The highest BCUT2D eigenvalue weighted by Crippen LogP contribution is 2.09. The van der Waals surface area contributed by atoms with E-state index in [0.717, 1.165) is 6.42 Å². The second-order valence-electron chi connectivity index (χ2n) is 4.43. The number of aromatic nitrogens is 1. The number of carboxylic acid groups (broad SMARTS) is 1. The average molecular weight is 285 g/mol. The zero-order valence-corrected chi connectivity index (χ0v) is 11.5. The number of carboxylic acids is 1. The first-order valence-corrected chi connectivity index (χ1v) is 6.49. The Labute approximate surface area is 117 Å². The molecule has 0 radical (unpaired) electrons. The van der Waals surface area contributed by atoms with Crippen LogP contribution in [0, 0.1) is 5.92 Å². The molecule has 0 saturated heterocycles. The molecule has 1 aromatic heterocycles. The van der Waals surface area contributed by atoms with Gasteiger partial charge in [0, 0.05) is 13.0 Å². The summed E-state index contributed by atoms with van der Waals surface area (Å²) in [5.41, 5.74) is 0.283. The highest BCUT2D eigenvalue weighted by molar-refractivity contribution is 6.29. The fourth-order valence-corrected chi connectivity index (χ4v) is 1.74. The number of rotatable bonds is 7. The Balaban J connectivity index is 2.29. The molecule has 0 bridgehead atoms. The summed E-state index contributed by atoms with van der Waals surface area (Å²) in [6, 6.07) is 4.86. The van der Waals surface area contributed by atoms with Crippen LogP contribution in [-0.4, -0.2) is 28.5 Å². The number of hydrogen-bond acceptors (Lipinski definition) is 3. The lowest BCUT2D eigenvalue weighted by molar-refractivity contribution is -0.137. The number of carbonyl (C=O) groups excluding carboxylic acids is 1. The molecule has 0 spiro atoms. The van der Waals surface area contributed by atoms with Gasteiger partial charge in [0.05, 0.1) is 0 Å². The molecule has 0 fully saturated rings. The highest BCUT2D eigenvalue weighted by Gasteiger charge is 2.09. The molecule has 0 aliphatic carbocycles. The summed E-state index contributed by atoms with van der Waals surface area (Å²) in [5.74, 6) is -0.810. The molecular formula is C13H17ClN2O3. The molecular weight excluding hydrogens is 268 g/mol. The van der Waals surface area contributed by atoms with Crippen LogP contribution in [0.15, 0.2) is 18.2 Å². The summed E-state index contributed by atoms with van der Waals surface area (Å²) in [6.07, 6.45) is 1.51. The minimum atomic E-state index is -0.793. The predicted octanol–water partition coefficient (Wildman–Crippen LogP) is 2.36. The van der Waals surface area contributed by atoms with E-state index in [4.69, 9.17) is 16.7 Å². The molecule has 1 aromatic rings. The van der Waals surface area contributed by atoms with Crippen molar-refractivity contribution >= 4 is 23.5 Å². The van der Waals surface area contributed by atoms with Crippen molar-refractivity contribution in [1.29, 1.82) is 0 Å². The van der Waals surface area contributed by atoms with Crippen molar-refractivity contribution in [2.45, 2.75) is 26.2 Å². The van der Waals surface area contributed by atoms with Crippen LogP contribution in [0.1, 0.15) is 36.7 Å². The Hall–Kier alpha value is -1.62. The molecule has 0 aromatic carbocycles. The molecule has 1 atom stereocenters. The van der Waals surface area contributed by atoms with Gasteiger partial charge in [-0.1, -0.05) is 24.6 Å². The van der Waals surface area contributed by atoms with Crippen molar-refractivity contribution < 1.29 is 14.7 Å². The fraction of sp³-hybridized carbons (Fsp3) is 0.462. The van der Waals surface area contributed by atoms with Gasteiger partial charge in [0.2, 0.25) is 0 Å². The summed E-state index contributed by atoms with van der Waals surface area (Å²) in [6.45, 7) is 2.46. The number of nitrogens with zero attached hydrogens (tertiary/aromatic N) is 1. The molecule has 104 valence electrons. The van der Waals surface area contributed by atoms with Gasteiger partial charge in [-0.2, -0.15) is 0 Å². The van der Waals surface area contributed by atoms with Crippen LogP contribution in [-0.2, 0) is 4.79 Å². The van der Waals surface area contributed by atoms with E-state index in [0.29, 0.717) is 13.0 Å². The Morgan fingerprint density at radius 1 is 1.42 bits per heavy atom. The number of hydrogen-bond donors (Lipinski definition) is 2. The Kier molecular flexibility index (Phi) is 6.29. The zero-order valence-electron chi connectivity index (χ0n) is 10.7. The van der Waals surface area contributed by atoms with Crippen molar-refractivity contribution in [2.24, 2.45) is 5.92 Å². The maximum absolute atomic E-state index is 11.7. The number of carbonyl (C=O) groups is 2. The maximum Gasteiger partial charge on any atom is 0.303 e. The lowest BCUT2D eigenvalue weighted by atomic mass is 10.0. The van der Waals surface area contributed by atoms with Crippen LogP contribution in [0.25, 0.3) is 0 Å². The fourth-order valence-electron chi connectivity index (χ4n) is 1.57. The topological polar surface area (TPSA) is 79.3 Å². The predicted molar refractivity (Wildman–Crippen MR) is 72.2 cm³/mol. The summed E-state index contributed by atoms with van der Waals surface area (Å²) in [7, 11) is 0. The van der Waals surface area contributed by atoms with Crippen LogP contribution in [0.2, 0.25) is 5.15 Å². The molecule has 2 N–H and O–H groups in total. The van der Waals surface area contributed by atoms with Crippen LogP contribution in [0.3, 0.4) is 0 Å². The van der Waals surface area contributed by atoms with Crippen LogP contribution in [0.5, 0.6) is 0 Å². The molecule has 1 amide bonds. The van der Waals surface area contributed by atoms with Gasteiger partial charge >= 0.3 is 5.97 Å². The van der Waals surface area contributed by atoms with Gasteiger partial charge in [-0.15, -0.1) is 0 Å². The van der Waals surface area contributed by atoms with E-state index in [1.807, 2.05) is 6.92 Å². The minimum Gasteiger partial charge on any atom is -0.481 e. The SMILES string of the molecule is CC(CCNC(=O)c1cccc(Cl)n1)CCC(=O)O. The number of pyridine rings is 1. The third-order valence-electron chi connectivity index (χ3n) is 2.72. The molecule has 0 aliphatic rings. The van der Waals surface area contributed by atoms with Crippen molar-refractivity contribution in [1.82, 2.24) is 10.3 Å². The molecule has 1 heterocycles. The Morgan fingerprint density at radius 3 is 2.79 bits per heavy atom. The monoisotopic (exact) mass is 284 g/mol. The second-order valence-corrected chi connectivity index (χ2v) is 4.81. The number of nitrogens with one attached hydrogen (secondary N) is 1. The van der Waals surface area contributed by atoms with Gasteiger partial charge in [0.15, 0.2) is 0 Å². The maximum atomic E-state index is 11.7. The summed E-state index contributed by atoms with van der Waals surface area (Å²) >= 11 is 5.70. The van der Waals surface area contributed by atoms with Crippen molar-refractivity contribution in [3.05, 3.63) is 29.0 Å². The largest absolute Gasteiger partial charge is 0.481 e. The highest BCUT2D eigenvalue weighted by atomic mass is 35.5. The molecule has 19 heavy (non-hydrogen) atoms. The first-order valence-electron chi connectivity index (χ1n) is 6.11. The first kappa shape index (κ1) is 15.4. The smallest absolute Gasteiger partial charge is 0.303 e. The van der Waals surface area contributed by atoms with E-state index < -0.39 is 5.97 Å². The van der Waals surface area contributed by atoms with Gasteiger partial charge in [0.25, 0.3) is 5.91 Å². The molecule has 5 nitrogen and oxygen atoms in total. The first-order chi connectivity index (χ1) is 8.99. The van der Waals surface area contributed by atoms with Crippen LogP contribution < -0.4 is 5.32 Å². The normalized spacial score (nSPS) is 11.9. The number of halogens is 1. The van der Waals surface area contributed by atoms with E-state index in [1.165, 1.54) is 0 Å².